The molecule has 1 aliphatic heterocycles. The van der Waals surface area contributed by atoms with Crippen LogP contribution in [0.5, 0.6) is 11.5 Å². The highest BCUT2D eigenvalue weighted by Crippen LogP contribution is 2.43. The van der Waals surface area contributed by atoms with Crippen LogP contribution in [0.25, 0.3) is 5.76 Å². The third-order valence-electron chi connectivity index (χ3n) is 5.26. The minimum atomic E-state index is -0.923. The number of furan rings is 1. The van der Waals surface area contributed by atoms with E-state index in [-0.39, 0.29) is 11.3 Å². The lowest BCUT2D eigenvalue weighted by molar-refractivity contribution is -0.132. The number of carbonyl (C=O) groups excluding carboxylic acids is 2. The summed E-state index contributed by atoms with van der Waals surface area (Å²) >= 11 is 0. The second-order valence-corrected chi connectivity index (χ2v) is 7.49. The molecule has 0 spiro atoms. The predicted octanol–water partition coefficient (Wildman–Crippen LogP) is 5.09. The van der Waals surface area contributed by atoms with E-state index < -0.39 is 17.7 Å². The van der Waals surface area contributed by atoms with Gasteiger partial charge in [0.1, 0.15) is 29.1 Å². The van der Waals surface area contributed by atoms with Crippen LogP contribution in [0, 0.1) is 0 Å². The number of nitrogens with zero attached hydrogens (tertiary/aromatic N) is 1. The van der Waals surface area contributed by atoms with Gasteiger partial charge in [0.25, 0.3) is 11.7 Å². The highest BCUT2D eigenvalue weighted by atomic mass is 16.5. The predicted molar refractivity (Wildman–Crippen MR) is 123 cm³/mol. The van der Waals surface area contributed by atoms with E-state index in [1.54, 1.807) is 60.7 Å². The van der Waals surface area contributed by atoms with Crippen molar-refractivity contribution in [3.8, 4) is 11.5 Å². The van der Waals surface area contributed by atoms with Gasteiger partial charge >= 0.3 is 0 Å². The van der Waals surface area contributed by atoms with Crippen LogP contribution in [0.15, 0.2) is 76.9 Å². The molecule has 33 heavy (non-hydrogen) atoms. The molecule has 1 N–H and O–H groups in total. The highest BCUT2D eigenvalue weighted by Gasteiger charge is 2.48. The zero-order valence-corrected chi connectivity index (χ0v) is 18.5. The standard InChI is InChI=1S/C26H25NO6/c1-3-14-32-20-8-5-7-18(16-20)27-23(21-9-6-15-33-21)22(25(29)26(27)30)24(28)17-10-12-19(13-11-17)31-4-2/h5-13,15-16,23,28H,3-4,14H2,1-2H3/b24-22-. The van der Waals surface area contributed by atoms with Crippen molar-refractivity contribution in [3.63, 3.8) is 0 Å². The Morgan fingerprint density at radius 1 is 1.00 bits per heavy atom. The average molecular weight is 447 g/mol. The first-order valence-corrected chi connectivity index (χ1v) is 10.9. The summed E-state index contributed by atoms with van der Waals surface area (Å²) in [5.74, 6) is -0.235. The molecular weight excluding hydrogens is 422 g/mol. The van der Waals surface area contributed by atoms with Crippen LogP contribution in [0.1, 0.15) is 37.6 Å². The summed E-state index contributed by atoms with van der Waals surface area (Å²) in [6.07, 6.45) is 2.30. The summed E-state index contributed by atoms with van der Waals surface area (Å²) in [7, 11) is 0. The zero-order valence-electron chi connectivity index (χ0n) is 18.5. The summed E-state index contributed by atoms with van der Waals surface area (Å²) in [5, 5.41) is 11.1. The minimum Gasteiger partial charge on any atom is -0.507 e. The van der Waals surface area contributed by atoms with Crippen LogP contribution >= 0.6 is 0 Å². The topological polar surface area (TPSA) is 89.2 Å². The van der Waals surface area contributed by atoms with Crippen LogP contribution in [-0.4, -0.2) is 30.0 Å². The number of ketones is 1. The second kappa shape index (κ2) is 9.65. The van der Waals surface area contributed by atoms with Crippen molar-refractivity contribution in [2.75, 3.05) is 18.1 Å². The molecule has 0 radical (unpaired) electrons. The van der Waals surface area contributed by atoms with Crippen molar-refractivity contribution >= 4 is 23.1 Å². The Labute approximate surface area is 191 Å². The molecule has 2 aromatic carbocycles. The number of Topliss-reactive ketones (excluding diaryl/α,β-unsaturated/α-hetero) is 1. The summed E-state index contributed by atoms with van der Waals surface area (Å²) in [4.78, 5) is 27.6. The monoisotopic (exact) mass is 447 g/mol. The molecule has 1 unspecified atom stereocenters. The molecule has 4 rings (SSSR count). The quantitative estimate of drug-likeness (QED) is 0.294. The lowest BCUT2D eigenvalue weighted by atomic mass is 9.99. The SMILES string of the molecule is CCCOc1cccc(N2C(=O)C(=O)/C(=C(\O)c3ccc(OCC)cc3)C2c2ccco2)c1. The Morgan fingerprint density at radius 2 is 1.79 bits per heavy atom. The molecular formula is C26H25NO6. The molecule has 7 nitrogen and oxygen atoms in total. The van der Waals surface area contributed by atoms with Gasteiger partial charge in [0.2, 0.25) is 0 Å². The van der Waals surface area contributed by atoms with Crippen molar-refractivity contribution in [2.45, 2.75) is 26.3 Å². The number of ether oxygens (including phenoxy) is 2. The Kier molecular flexibility index (Phi) is 6.49. The molecule has 1 amide bonds. The fraction of sp³-hybridized carbons (Fsp3) is 0.231. The van der Waals surface area contributed by atoms with Crippen LogP contribution in [-0.2, 0) is 9.59 Å². The molecule has 1 atom stereocenters. The molecule has 3 aromatic rings. The molecule has 0 bridgehead atoms. The lowest BCUT2D eigenvalue weighted by Crippen LogP contribution is -2.29. The second-order valence-electron chi connectivity index (χ2n) is 7.49. The number of hydrogen-bond acceptors (Lipinski definition) is 6. The van der Waals surface area contributed by atoms with Crippen molar-refractivity contribution in [3.05, 3.63) is 83.8 Å². The first-order chi connectivity index (χ1) is 16.0. The molecule has 170 valence electrons. The van der Waals surface area contributed by atoms with E-state index in [1.165, 1.54) is 11.2 Å². The van der Waals surface area contributed by atoms with Gasteiger partial charge in [-0.1, -0.05) is 13.0 Å². The molecule has 0 saturated carbocycles. The third kappa shape index (κ3) is 4.35. The van der Waals surface area contributed by atoms with Gasteiger partial charge in [-0.2, -0.15) is 0 Å². The van der Waals surface area contributed by atoms with Gasteiger partial charge in [0, 0.05) is 17.3 Å². The van der Waals surface area contributed by atoms with Gasteiger partial charge in [-0.15, -0.1) is 0 Å². The normalized spacial score (nSPS) is 17.4. The lowest BCUT2D eigenvalue weighted by Gasteiger charge is -2.23. The van der Waals surface area contributed by atoms with Crippen molar-refractivity contribution < 1.29 is 28.6 Å². The largest absolute Gasteiger partial charge is 0.507 e. The Balaban J connectivity index is 1.81. The van der Waals surface area contributed by atoms with Crippen molar-refractivity contribution in [1.29, 1.82) is 0 Å². The smallest absolute Gasteiger partial charge is 0.300 e. The molecule has 0 aliphatic carbocycles. The maximum atomic E-state index is 13.2. The Bertz CT molecular complexity index is 1160. The van der Waals surface area contributed by atoms with Crippen LogP contribution in [0.2, 0.25) is 0 Å². The fourth-order valence-electron chi connectivity index (χ4n) is 3.79. The Hall–Kier alpha value is -4.00. The first kappa shape index (κ1) is 22.2. The van der Waals surface area contributed by atoms with E-state index in [9.17, 15) is 14.7 Å². The zero-order chi connectivity index (χ0) is 23.4. The van der Waals surface area contributed by atoms with Gasteiger partial charge in [0.05, 0.1) is 25.1 Å². The van der Waals surface area contributed by atoms with Gasteiger partial charge in [-0.05, 0) is 61.9 Å². The van der Waals surface area contributed by atoms with E-state index in [0.717, 1.165) is 6.42 Å². The van der Waals surface area contributed by atoms with E-state index in [4.69, 9.17) is 13.9 Å². The summed E-state index contributed by atoms with van der Waals surface area (Å²) in [6.45, 7) is 4.92. The number of hydrogen-bond donors (Lipinski definition) is 1. The number of anilines is 1. The fourth-order valence-corrected chi connectivity index (χ4v) is 3.79. The average Bonchev–Trinajstić information content (AvgIpc) is 3.45. The Morgan fingerprint density at radius 3 is 2.45 bits per heavy atom. The number of aliphatic hydroxyl groups is 1. The molecule has 1 fully saturated rings. The van der Waals surface area contributed by atoms with Crippen LogP contribution < -0.4 is 14.4 Å². The molecule has 1 aliphatic rings. The van der Waals surface area contributed by atoms with Crippen LogP contribution in [0.3, 0.4) is 0 Å². The summed E-state index contributed by atoms with van der Waals surface area (Å²) in [6, 6.07) is 16.1. The molecule has 2 heterocycles. The molecule has 1 saturated heterocycles. The third-order valence-corrected chi connectivity index (χ3v) is 5.26. The highest BCUT2D eigenvalue weighted by molar-refractivity contribution is 6.51. The van der Waals surface area contributed by atoms with Gasteiger partial charge in [-0.3, -0.25) is 14.5 Å². The maximum absolute atomic E-state index is 13.2. The first-order valence-electron chi connectivity index (χ1n) is 10.9. The molecule has 7 heteroatoms. The number of carbonyl (C=O) groups is 2. The van der Waals surface area contributed by atoms with Crippen LogP contribution in [0.4, 0.5) is 5.69 Å². The van der Waals surface area contributed by atoms with E-state index >= 15 is 0 Å². The number of amides is 1. The maximum Gasteiger partial charge on any atom is 0.300 e. The van der Waals surface area contributed by atoms with Crippen molar-refractivity contribution in [1.82, 2.24) is 0 Å². The summed E-state index contributed by atoms with van der Waals surface area (Å²) in [5.41, 5.74) is 0.824. The van der Waals surface area contributed by atoms with E-state index in [0.29, 0.717) is 41.7 Å². The van der Waals surface area contributed by atoms with Crippen molar-refractivity contribution in [2.24, 2.45) is 0 Å². The number of rotatable bonds is 8. The van der Waals surface area contributed by atoms with Gasteiger partial charge < -0.3 is 19.0 Å². The minimum absolute atomic E-state index is 0.0426. The summed E-state index contributed by atoms with van der Waals surface area (Å²) < 4.78 is 16.7. The van der Waals surface area contributed by atoms with E-state index in [2.05, 4.69) is 0 Å². The number of aliphatic hydroxyl groups excluding tert-OH is 1. The van der Waals surface area contributed by atoms with Gasteiger partial charge in [0.15, 0.2) is 0 Å². The van der Waals surface area contributed by atoms with Gasteiger partial charge in [-0.25, -0.2) is 0 Å². The molecule has 1 aromatic heterocycles. The number of benzene rings is 2. The van der Waals surface area contributed by atoms with E-state index in [1.807, 2.05) is 13.8 Å².